The van der Waals surface area contributed by atoms with Crippen LogP contribution in [0.5, 0.6) is 0 Å². The Morgan fingerprint density at radius 3 is 2.25 bits per heavy atom. The minimum atomic E-state index is -0.937. The van der Waals surface area contributed by atoms with Crippen LogP contribution in [0.25, 0.3) is 0 Å². The summed E-state index contributed by atoms with van der Waals surface area (Å²) < 4.78 is 0. The number of hydrogen-bond acceptors (Lipinski definition) is 1. The average Bonchev–Trinajstić information content (AvgIpc) is 1.61. The predicted molar refractivity (Wildman–Crippen MR) is 31.6 cm³/mol. The van der Waals surface area contributed by atoms with E-state index in [0.717, 1.165) is 11.6 Å². The van der Waals surface area contributed by atoms with Gasteiger partial charge < -0.3 is 5.11 Å². The molecule has 0 aromatic carbocycles. The van der Waals surface area contributed by atoms with E-state index in [-0.39, 0.29) is 0 Å². The maximum atomic E-state index is 9.78. The molecule has 0 unspecified atom stereocenters. The molecule has 0 saturated carbocycles. The first-order valence-electron chi connectivity index (χ1n) is 2.19. The van der Waals surface area contributed by atoms with Gasteiger partial charge in [0.05, 0.1) is 0 Å². The Kier molecular flexibility index (Phi) is 2.62. The first-order valence-corrected chi connectivity index (χ1v) is 2.19. The maximum Gasteiger partial charge on any atom is 0.328 e. The van der Waals surface area contributed by atoms with Crippen LogP contribution in [0.15, 0.2) is 24.3 Å². The highest BCUT2D eigenvalue weighted by Crippen LogP contribution is 1.86. The summed E-state index contributed by atoms with van der Waals surface area (Å²) in [5.74, 6) is -0.937. The van der Waals surface area contributed by atoms with Gasteiger partial charge in [0, 0.05) is 6.08 Å². The highest BCUT2D eigenvalue weighted by Gasteiger charge is 1.81. The molecule has 0 aromatic rings. The Morgan fingerprint density at radius 1 is 1.62 bits per heavy atom. The molecule has 0 atom stereocenters. The summed E-state index contributed by atoms with van der Waals surface area (Å²) in [5.41, 5.74) is 0.743. The first-order chi connectivity index (χ1) is 3.63. The zero-order chi connectivity index (χ0) is 6.57. The Morgan fingerprint density at radius 2 is 2.12 bits per heavy atom. The van der Waals surface area contributed by atoms with Crippen molar-refractivity contribution in [2.75, 3.05) is 0 Å². The van der Waals surface area contributed by atoms with Crippen LogP contribution in [0.4, 0.5) is 0 Å². The molecule has 2 heteroatoms. The summed E-state index contributed by atoms with van der Waals surface area (Å²) in [6.07, 6.45) is 2.50. The molecule has 8 heavy (non-hydrogen) atoms. The second kappa shape index (κ2) is 3.02. The molecule has 0 fully saturated rings. The molecule has 1 N–H and O–H groups in total. The van der Waals surface area contributed by atoms with E-state index in [0.29, 0.717) is 0 Å². The molecular weight excluding hydrogens is 104 g/mol. The summed E-state index contributed by atoms with van der Waals surface area (Å²) in [4.78, 5) is 9.78. The van der Waals surface area contributed by atoms with Gasteiger partial charge in [0.15, 0.2) is 0 Å². The number of rotatable bonds is 2. The van der Waals surface area contributed by atoms with Crippen molar-refractivity contribution in [1.82, 2.24) is 0 Å². The molecule has 0 aliphatic rings. The van der Waals surface area contributed by atoms with E-state index < -0.39 is 5.97 Å². The van der Waals surface area contributed by atoms with Crippen molar-refractivity contribution >= 4 is 5.97 Å². The molecule has 0 rings (SSSR count). The highest BCUT2D eigenvalue weighted by atomic mass is 16.4. The largest absolute Gasteiger partial charge is 0.478 e. The maximum absolute atomic E-state index is 9.78. The minimum Gasteiger partial charge on any atom is -0.478 e. The van der Waals surface area contributed by atoms with Gasteiger partial charge in [-0.15, -0.1) is 0 Å². The Hall–Kier alpha value is -1.05. The fourth-order valence-electron chi connectivity index (χ4n) is 0.214. The van der Waals surface area contributed by atoms with Gasteiger partial charge in [-0.1, -0.05) is 18.2 Å². The molecule has 0 radical (unpaired) electrons. The third kappa shape index (κ3) is 4.95. The molecule has 0 aliphatic carbocycles. The lowest BCUT2D eigenvalue weighted by molar-refractivity contribution is -0.131. The molecule has 0 amide bonds. The third-order valence-corrected chi connectivity index (χ3v) is 0.510. The summed E-state index contributed by atoms with van der Waals surface area (Å²) in [5, 5.41) is 8.03. The Balaban J connectivity index is 3.67. The smallest absolute Gasteiger partial charge is 0.328 e. The van der Waals surface area contributed by atoms with E-state index in [2.05, 4.69) is 6.58 Å². The molecular formula is C6H8O2. The zero-order valence-corrected chi connectivity index (χ0v) is 4.72. The Bertz CT molecular complexity index is 117. The summed E-state index contributed by atoms with van der Waals surface area (Å²) >= 11 is 0. The first kappa shape index (κ1) is 6.95. The monoisotopic (exact) mass is 112 g/mol. The molecule has 0 aliphatic heterocycles. The molecule has 44 valence electrons. The van der Waals surface area contributed by atoms with Crippen molar-refractivity contribution in [3.63, 3.8) is 0 Å². The van der Waals surface area contributed by atoms with Gasteiger partial charge in [-0.2, -0.15) is 0 Å². The molecule has 0 heterocycles. The van der Waals surface area contributed by atoms with Gasteiger partial charge in [0.25, 0.3) is 0 Å². The van der Waals surface area contributed by atoms with Crippen molar-refractivity contribution in [3.8, 4) is 0 Å². The molecule has 0 aromatic heterocycles. The lowest BCUT2D eigenvalue weighted by Crippen LogP contribution is -1.85. The van der Waals surface area contributed by atoms with Crippen LogP contribution in [0.1, 0.15) is 6.92 Å². The van der Waals surface area contributed by atoms with Crippen molar-refractivity contribution in [2.45, 2.75) is 6.92 Å². The average molecular weight is 112 g/mol. The van der Waals surface area contributed by atoms with Crippen LogP contribution in [0.2, 0.25) is 0 Å². The van der Waals surface area contributed by atoms with E-state index in [1.165, 1.54) is 6.08 Å². The summed E-state index contributed by atoms with van der Waals surface area (Å²) in [6.45, 7) is 5.21. The van der Waals surface area contributed by atoms with Gasteiger partial charge in [0.1, 0.15) is 0 Å². The summed E-state index contributed by atoms with van der Waals surface area (Å²) in [6, 6.07) is 0. The second-order valence-corrected chi connectivity index (χ2v) is 1.52. The molecule has 2 nitrogen and oxygen atoms in total. The summed E-state index contributed by atoms with van der Waals surface area (Å²) in [7, 11) is 0. The van der Waals surface area contributed by atoms with Gasteiger partial charge in [-0.05, 0) is 6.92 Å². The quantitative estimate of drug-likeness (QED) is 0.430. The van der Waals surface area contributed by atoms with Gasteiger partial charge in [-0.3, -0.25) is 0 Å². The number of allylic oxidation sites excluding steroid dienone is 2. The third-order valence-electron chi connectivity index (χ3n) is 0.510. The van der Waals surface area contributed by atoms with Gasteiger partial charge in [-0.25, -0.2) is 4.79 Å². The Labute approximate surface area is 48.1 Å². The molecule has 0 bridgehead atoms. The molecule has 0 saturated heterocycles. The standard InChI is InChI=1S/C6H8O2/c1-5(2)3-4-6(7)8/h3-4H,1H2,2H3,(H,7,8)/b4-3+. The second-order valence-electron chi connectivity index (χ2n) is 1.52. The van der Waals surface area contributed by atoms with Gasteiger partial charge >= 0.3 is 5.97 Å². The van der Waals surface area contributed by atoms with Crippen molar-refractivity contribution in [3.05, 3.63) is 24.3 Å². The number of hydrogen-bond donors (Lipinski definition) is 1. The fraction of sp³-hybridized carbons (Fsp3) is 0.167. The fourth-order valence-corrected chi connectivity index (χ4v) is 0.214. The molecule has 0 spiro atoms. The number of aliphatic carboxylic acids is 1. The lowest BCUT2D eigenvalue weighted by atomic mass is 10.3. The number of carboxylic acids is 1. The van der Waals surface area contributed by atoms with Crippen molar-refractivity contribution in [2.24, 2.45) is 0 Å². The SMILES string of the molecule is C=C(C)/C=C/C(=O)O. The van der Waals surface area contributed by atoms with Crippen molar-refractivity contribution in [1.29, 1.82) is 0 Å². The van der Waals surface area contributed by atoms with Crippen LogP contribution >= 0.6 is 0 Å². The topological polar surface area (TPSA) is 37.3 Å². The van der Waals surface area contributed by atoms with E-state index in [9.17, 15) is 4.79 Å². The van der Waals surface area contributed by atoms with Crippen LogP contribution in [0.3, 0.4) is 0 Å². The zero-order valence-electron chi connectivity index (χ0n) is 4.72. The normalized spacial score (nSPS) is 9.62. The number of carboxylic acid groups (broad SMARTS) is 1. The highest BCUT2D eigenvalue weighted by molar-refractivity contribution is 5.80. The minimum absolute atomic E-state index is 0.743. The van der Waals surface area contributed by atoms with Gasteiger partial charge in [0.2, 0.25) is 0 Å². The van der Waals surface area contributed by atoms with E-state index in [1.54, 1.807) is 6.92 Å². The van der Waals surface area contributed by atoms with E-state index >= 15 is 0 Å². The predicted octanol–water partition coefficient (Wildman–Crippen LogP) is 1.20. The van der Waals surface area contributed by atoms with Crippen LogP contribution in [-0.4, -0.2) is 11.1 Å². The van der Waals surface area contributed by atoms with Crippen LogP contribution in [-0.2, 0) is 4.79 Å². The van der Waals surface area contributed by atoms with Crippen LogP contribution in [0, 0.1) is 0 Å². The van der Waals surface area contributed by atoms with E-state index in [1.807, 2.05) is 0 Å². The van der Waals surface area contributed by atoms with E-state index in [4.69, 9.17) is 5.11 Å². The lowest BCUT2D eigenvalue weighted by Gasteiger charge is -1.79. The van der Waals surface area contributed by atoms with Crippen LogP contribution < -0.4 is 0 Å². The number of carbonyl (C=O) groups is 1. The van der Waals surface area contributed by atoms with Crippen molar-refractivity contribution < 1.29 is 9.90 Å².